The van der Waals surface area contributed by atoms with Gasteiger partial charge in [0.2, 0.25) is 5.91 Å². The quantitative estimate of drug-likeness (QED) is 0.842. The minimum atomic E-state index is 0.0357. The van der Waals surface area contributed by atoms with Crippen molar-refractivity contribution in [2.24, 2.45) is 0 Å². The second kappa shape index (κ2) is 6.48. The summed E-state index contributed by atoms with van der Waals surface area (Å²) in [5, 5.41) is 0.0357. The van der Waals surface area contributed by atoms with Crippen molar-refractivity contribution in [3.8, 4) is 5.75 Å². The molecular formula is C17H19NO3S. The molecule has 1 aromatic heterocycles. The zero-order valence-corrected chi connectivity index (χ0v) is 13.6. The van der Waals surface area contributed by atoms with Crippen LogP contribution < -0.4 is 4.74 Å². The summed E-state index contributed by atoms with van der Waals surface area (Å²) in [6.07, 6.45) is 0. The highest BCUT2D eigenvalue weighted by molar-refractivity contribution is 8.00. The van der Waals surface area contributed by atoms with E-state index in [4.69, 9.17) is 9.15 Å². The Morgan fingerprint density at radius 2 is 2.05 bits per heavy atom. The van der Waals surface area contributed by atoms with Gasteiger partial charge in [-0.3, -0.25) is 4.79 Å². The van der Waals surface area contributed by atoms with Gasteiger partial charge in [-0.15, -0.1) is 11.8 Å². The van der Waals surface area contributed by atoms with Gasteiger partial charge in [-0.2, -0.15) is 0 Å². The third kappa shape index (κ3) is 3.14. The number of amides is 1. The Labute approximate surface area is 134 Å². The van der Waals surface area contributed by atoms with E-state index < -0.39 is 0 Å². The second-order valence-corrected chi connectivity index (χ2v) is 6.27. The number of carbonyl (C=O) groups is 1. The average molecular weight is 317 g/mol. The fourth-order valence-electron chi connectivity index (χ4n) is 2.53. The van der Waals surface area contributed by atoms with Crippen LogP contribution in [-0.4, -0.2) is 23.2 Å². The van der Waals surface area contributed by atoms with Crippen LogP contribution in [0.4, 0.5) is 0 Å². The van der Waals surface area contributed by atoms with E-state index in [1.54, 1.807) is 11.8 Å². The lowest BCUT2D eigenvalue weighted by atomic mass is 10.2. The molecule has 0 radical (unpaired) electrons. The number of thioether (sulfide) groups is 1. The minimum Gasteiger partial charge on any atom is -0.494 e. The number of rotatable bonds is 5. The van der Waals surface area contributed by atoms with Crippen molar-refractivity contribution in [2.75, 3.05) is 12.4 Å². The highest BCUT2D eigenvalue weighted by Crippen LogP contribution is 2.40. The van der Waals surface area contributed by atoms with Crippen LogP contribution in [-0.2, 0) is 11.3 Å². The third-order valence-corrected chi connectivity index (χ3v) is 4.82. The summed E-state index contributed by atoms with van der Waals surface area (Å²) in [7, 11) is 0. The van der Waals surface area contributed by atoms with Crippen molar-refractivity contribution in [2.45, 2.75) is 25.8 Å². The standard InChI is InChI=1S/C17H19NO3S/c1-3-20-14-8-5-13(6-9-14)17-18(16(19)11-22-17)10-15-7-4-12(2)21-15/h4-9,17H,3,10-11H2,1-2H3. The summed E-state index contributed by atoms with van der Waals surface area (Å²) in [6.45, 7) is 5.04. The molecule has 1 amide bonds. The molecule has 0 bridgehead atoms. The van der Waals surface area contributed by atoms with Crippen LogP contribution in [0.5, 0.6) is 5.75 Å². The Balaban J connectivity index is 1.77. The number of nitrogens with zero attached hydrogens (tertiary/aromatic N) is 1. The van der Waals surface area contributed by atoms with Gasteiger partial charge in [-0.25, -0.2) is 0 Å². The molecule has 0 saturated carbocycles. The predicted octanol–water partition coefficient (Wildman–Crippen LogP) is 3.76. The molecule has 1 unspecified atom stereocenters. The van der Waals surface area contributed by atoms with Crippen molar-refractivity contribution in [3.63, 3.8) is 0 Å². The lowest BCUT2D eigenvalue weighted by Crippen LogP contribution is -2.27. The van der Waals surface area contributed by atoms with Gasteiger partial charge in [0.15, 0.2) is 0 Å². The Hall–Kier alpha value is -1.88. The molecule has 2 heterocycles. The summed E-state index contributed by atoms with van der Waals surface area (Å²) in [6, 6.07) is 11.8. The van der Waals surface area contributed by atoms with E-state index in [1.165, 1.54) is 0 Å². The predicted molar refractivity (Wildman–Crippen MR) is 86.8 cm³/mol. The normalized spacial score (nSPS) is 18.0. The molecule has 1 atom stereocenters. The largest absolute Gasteiger partial charge is 0.494 e. The number of carbonyl (C=O) groups excluding carboxylic acids is 1. The number of hydrogen-bond acceptors (Lipinski definition) is 4. The van der Waals surface area contributed by atoms with Gasteiger partial charge in [0.1, 0.15) is 22.6 Å². The molecule has 4 nitrogen and oxygen atoms in total. The second-order valence-electron chi connectivity index (χ2n) is 5.20. The third-order valence-electron chi connectivity index (χ3n) is 3.57. The molecular weight excluding hydrogens is 298 g/mol. The van der Waals surface area contributed by atoms with Crippen molar-refractivity contribution < 1.29 is 13.9 Å². The molecule has 0 N–H and O–H groups in total. The fraction of sp³-hybridized carbons (Fsp3) is 0.353. The van der Waals surface area contributed by atoms with Gasteiger partial charge >= 0.3 is 0 Å². The van der Waals surface area contributed by atoms with Crippen molar-refractivity contribution >= 4 is 17.7 Å². The first kappa shape index (κ1) is 15.0. The van der Waals surface area contributed by atoms with Crippen molar-refractivity contribution in [1.82, 2.24) is 4.90 Å². The van der Waals surface area contributed by atoms with Gasteiger partial charge in [0.05, 0.1) is 18.9 Å². The van der Waals surface area contributed by atoms with Gasteiger partial charge in [0.25, 0.3) is 0 Å². The van der Waals surface area contributed by atoms with Gasteiger partial charge < -0.3 is 14.1 Å². The lowest BCUT2D eigenvalue weighted by Gasteiger charge is -2.23. The Morgan fingerprint density at radius 3 is 2.68 bits per heavy atom. The molecule has 116 valence electrons. The maximum absolute atomic E-state index is 12.2. The number of aryl methyl sites for hydroxylation is 1. The van der Waals surface area contributed by atoms with E-state index in [9.17, 15) is 4.79 Å². The summed E-state index contributed by atoms with van der Waals surface area (Å²) in [4.78, 5) is 14.1. The number of hydrogen-bond donors (Lipinski definition) is 0. The molecule has 2 aromatic rings. The molecule has 1 fully saturated rings. The van der Waals surface area contributed by atoms with Crippen LogP contribution in [0.2, 0.25) is 0 Å². The Bertz CT molecular complexity index is 650. The van der Waals surface area contributed by atoms with Crippen molar-refractivity contribution in [3.05, 3.63) is 53.5 Å². The van der Waals surface area contributed by atoms with Gasteiger partial charge in [-0.05, 0) is 43.7 Å². The first-order valence-electron chi connectivity index (χ1n) is 7.36. The number of furan rings is 1. The number of benzene rings is 1. The number of ether oxygens (including phenoxy) is 1. The summed E-state index contributed by atoms with van der Waals surface area (Å²) in [5.41, 5.74) is 1.11. The summed E-state index contributed by atoms with van der Waals surface area (Å²) < 4.78 is 11.1. The van der Waals surface area contributed by atoms with E-state index in [0.29, 0.717) is 18.9 Å². The molecule has 22 heavy (non-hydrogen) atoms. The first-order valence-corrected chi connectivity index (χ1v) is 8.41. The molecule has 1 saturated heterocycles. The fourth-order valence-corrected chi connectivity index (χ4v) is 3.72. The maximum Gasteiger partial charge on any atom is 0.234 e. The van der Waals surface area contributed by atoms with Crippen molar-refractivity contribution in [1.29, 1.82) is 0 Å². The highest BCUT2D eigenvalue weighted by atomic mass is 32.2. The van der Waals surface area contributed by atoms with Gasteiger partial charge in [0, 0.05) is 0 Å². The van der Waals surface area contributed by atoms with E-state index in [0.717, 1.165) is 22.8 Å². The minimum absolute atomic E-state index is 0.0357. The average Bonchev–Trinajstić information content (AvgIpc) is 3.08. The Kier molecular flexibility index (Phi) is 4.43. The zero-order chi connectivity index (χ0) is 15.5. The van der Waals surface area contributed by atoms with E-state index in [-0.39, 0.29) is 11.3 Å². The monoisotopic (exact) mass is 317 g/mol. The maximum atomic E-state index is 12.2. The van der Waals surface area contributed by atoms with Crippen LogP contribution in [0.3, 0.4) is 0 Å². The van der Waals surface area contributed by atoms with E-state index in [1.807, 2.05) is 55.1 Å². The van der Waals surface area contributed by atoms with E-state index >= 15 is 0 Å². The van der Waals surface area contributed by atoms with Crippen LogP contribution >= 0.6 is 11.8 Å². The van der Waals surface area contributed by atoms with Gasteiger partial charge in [-0.1, -0.05) is 12.1 Å². The van der Waals surface area contributed by atoms with E-state index in [2.05, 4.69) is 0 Å². The lowest BCUT2D eigenvalue weighted by molar-refractivity contribution is -0.128. The molecule has 0 aliphatic carbocycles. The summed E-state index contributed by atoms with van der Waals surface area (Å²) in [5.74, 6) is 3.21. The smallest absolute Gasteiger partial charge is 0.234 e. The highest BCUT2D eigenvalue weighted by Gasteiger charge is 2.33. The molecule has 1 aromatic carbocycles. The topological polar surface area (TPSA) is 42.7 Å². The van der Waals surface area contributed by atoms with Crippen LogP contribution in [0.15, 0.2) is 40.8 Å². The first-order chi connectivity index (χ1) is 10.7. The SMILES string of the molecule is CCOc1ccc(C2SCC(=O)N2Cc2ccc(C)o2)cc1. The Morgan fingerprint density at radius 1 is 1.27 bits per heavy atom. The van der Waals surface area contributed by atoms with Crippen LogP contribution in [0, 0.1) is 6.92 Å². The molecule has 3 rings (SSSR count). The van der Waals surface area contributed by atoms with Crippen LogP contribution in [0.1, 0.15) is 29.4 Å². The molecule has 1 aliphatic rings. The zero-order valence-electron chi connectivity index (χ0n) is 12.7. The molecule has 1 aliphatic heterocycles. The molecule has 0 spiro atoms. The summed E-state index contributed by atoms with van der Waals surface area (Å²) >= 11 is 1.65. The molecule has 5 heteroatoms. The van der Waals surface area contributed by atoms with Crippen LogP contribution in [0.25, 0.3) is 0 Å².